The second-order valence-corrected chi connectivity index (χ2v) is 8.08. The summed E-state index contributed by atoms with van der Waals surface area (Å²) in [6.45, 7) is 0. The van der Waals surface area contributed by atoms with E-state index in [0.717, 1.165) is 21.8 Å². The summed E-state index contributed by atoms with van der Waals surface area (Å²) in [7, 11) is 0. The molecule has 1 aromatic heterocycles. The summed E-state index contributed by atoms with van der Waals surface area (Å²) >= 11 is 7.68. The maximum Gasteiger partial charge on any atom is 0.276 e. The van der Waals surface area contributed by atoms with E-state index in [1.54, 1.807) is 11.2 Å². The number of amides is 1. The van der Waals surface area contributed by atoms with Gasteiger partial charge in [0.1, 0.15) is 5.70 Å². The Balaban J connectivity index is 1.56. The number of nitrogens with zero attached hydrogens (tertiary/aromatic N) is 4. The van der Waals surface area contributed by atoms with Crippen molar-refractivity contribution in [2.45, 2.75) is 11.9 Å². The summed E-state index contributed by atoms with van der Waals surface area (Å²) in [5.74, 6) is 0.374. The fourth-order valence-corrected chi connectivity index (χ4v) is 4.51. The maximum absolute atomic E-state index is 13.1. The first-order chi connectivity index (χ1) is 14.7. The average Bonchev–Trinajstić information content (AvgIpc) is 2.78. The van der Waals surface area contributed by atoms with Crippen molar-refractivity contribution in [2.24, 2.45) is 10.1 Å². The largest absolute Gasteiger partial charge is 0.298 e. The average molecular weight is 434 g/mol. The lowest BCUT2D eigenvalue weighted by Gasteiger charge is -2.33. The van der Waals surface area contributed by atoms with Crippen LogP contribution in [-0.2, 0) is 10.5 Å². The molecule has 2 aromatic carbocycles. The number of halogens is 1. The van der Waals surface area contributed by atoms with Crippen LogP contribution in [0, 0.1) is 0 Å². The number of benzene rings is 2. The molecule has 0 bridgehead atoms. The molecule has 0 spiro atoms. The first-order valence-electron chi connectivity index (χ1n) is 9.34. The number of thioether (sulfide) groups is 1. The number of rotatable bonds is 3. The van der Waals surface area contributed by atoms with E-state index < -0.39 is 6.17 Å². The van der Waals surface area contributed by atoms with Crippen molar-refractivity contribution in [1.82, 2.24) is 15.3 Å². The normalized spacial score (nSPS) is 17.4. The van der Waals surface area contributed by atoms with Gasteiger partial charge in [-0.2, -0.15) is 0 Å². The van der Waals surface area contributed by atoms with Gasteiger partial charge in [-0.25, -0.2) is 5.01 Å². The van der Waals surface area contributed by atoms with E-state index in [1.165, 1.54) is 11.8 Å². The van der Waals surface area contributed by atoms with Crippen LogP contribution in [0.2, 0.25) is 5.02 Å². The van der Waals surface area contributed by atoms with Crippen molar-refractivity contribution >= 4 is 40.1 Å². The number of carbonyl (C=O) groups excluding carboxylic acids is 1. The van der Waals surface area contributed by atoms with Crippen LogP contribution < -0.4 is 15.9 Å². The molecule has 1 N–H and O–H groups in total. The molecule has 0 saturated carbocycles. The molecule has 1 atom stereocenters. The standard InChI is InChI=1S/C22H16ClN5OS/c23-16-9-3-1-7-14(16)13-30-22-26-21(29)19-15-8-2-4-10-17(15)25-20(28(19)27-22)18-11-5-6-12-24-18/h1-12,20H,13H2,(H,26,27,29). The molecule has 5 rings (SSSR count). The van der Waals surface area contributed by atoms with Gasteiger partial charge in [0.05, 0.1) is 11.1 Å². The number of pyridine rings is 1. The number of hydrazone groups is 1. The molecular formula is C22H16ClN5OS. The molecule has 2 aliphatic heterocycles. The predicted molar refractivity (Wildman–Crippen MR) is 118 cm³/mol. The maximum atomic E-state index is 13.1. The van der Waals surface area contributed by atoms with Crippen LogP contribution in [0.5, 0.6) is 0 Å². The van der Waals surface area contributed by atoms with E-state index in [1.807, 2.05) is 66.7 Å². The molecule has 1 amide bonds. The summed E-state index contributed by atoms with van der Waals surface area (Å²) in [6, 6.07) is 20.8. The van der Waals surface area contributed by atoms with Gasteiger partial charge < -0.3 is 0 Å². The van der Waals surface area contributed by atoms with Crippen LogP contribution in [0.15, 0.2) is 83.0 Å². The summed E-state index contributed by atoms with van der Waals surface area (Å²) in [5, 5.41) is 12.0. The van der Waals surface area contributed by atoms with Gasteiger partial charge >= 0.3 is 0 Å². The van der Waals surface area contributed by atoms with Gasteiger partial charge in [-0.3, -0.25) is 20.1 Å². The highest BCUT2D eigenvalue weighted by Gasteiger charge is 2.34. The predicted octanol–water partition coefficient (Wildman–Crippen LogP) is 2.81. The lowest BCUT2D eigenvalue weighted by atomic mass is 10.1. The van der Waals surface area contributed by atoms with Crippen molar-refractivity contribution in [3.05, 3.63) is 99.8 Å². The second kappa shape index (κ2) is 7.93. The molecule has 0 fully saturated rings. The van der Waals surface area contributed by atoms with E-state index in [4.69, 9.17) is 21.7 Å². The molecule has 148 valence electrons. The van der Waals surface area contributed by atoms with Crippen molar-refractivity contribution in [2.75, 3.05) is 0 Å². The van der Waals surface area contributed by atoms with E-state index in [0.29, 0.717) is 21.6 Å². The second-order valence-electron chi connectivity index (χ2n) is 6.71. The van der Waals surface area contributed by atoms with Crippen LogP contribution in [0.1, 0.15) is 17.4 Å². The highest BCUT2D eigenvalue weighted by molar-refractivity contribution is 8.13. The molecular weight excluding hydrogens is 418 g/mol. The SMILES string of the molecule is O=C1NC(SCc2ccccc2Cl)=NN2C1=c1ccccc1=NC2c1ccccn1. The molecule has 0 radical (unpaired) electrons. The lowest BCUT2D eigenvalue weighted by molar-refractivity contribution is -0.116. The van der Waals surface area contributed by atoms with Gasteiger partial charge in [0.2, 0.25) is 0 Å². The number of hydrogen-bond acceptors (Lipinski definition) is 6. The number of carbonyl (C=O) groups is 1. The molecule has 30 heavy (non-hydrogen) atoms. The Morgan fingerprint density at radius 3 is 2.67 bits per heavy atom. The van der Waals surface area contributed by atoms with Crippen molar-refractivity contribution < 1.29 is 4.79 Å². The zero-order valence-electron chi connectivity index (χ0n) is 15.7. The molecule has 3 heterocycles. The Bertz CT molecular complexity index is 1280. The van der Waals surface area contributed by atoms with Crippen LogP contribution in [-0.4, -0.2) is 21.1 Å². The van der Waals surface area contributed by atoms with Gasteiger partial charge in [-0.05, 0) is 29.8 Å². The number of amidine groups is 1. The highest BCUT2D eigenvalue weighted by Crippen LogP contribution is 2.30. The fraction of sp³-hybridized carbons (Fsp3) is 0.0909. The van der Waals surface area contributed by atoms with Crippen LogP contribution in [0.4, 0.5) is 0 Å². The van der Waals surface area contributed by atoms with Gasteiger partial charge in [0, 0.05) is 22.2 Å². The van der Waals surface area contributed by atoms with Crippen LogP contribution in [0.25, 0.3) is 5.70 Å². The summed E-state index contributed by atoms with van der Waals surface area (Å²) < 4.78 is 0. The van der Waals surface area contributed by atoms with E-state index in [-0.39, 0.29) is 5.91 Å². The van der Waals surface area contributed by atoms with Gasteiger partial charge in [-0.15, -0.1) is 5.10 Å². The Morgan fingerprint density at radius 1 is 1.03 bits per heavy atom. The topological polar surface area (TPSA) is 70.0 Å². The van der Waals surface area contributed by atoms with Gasteiger partial charge in [0.15, 0.2) is 11.3 Å². The minimum Gasteiger partial charge on any atom is -0.298 e. The van der Waals surface area contributed by atoms with Crippen LogP contribution >= 0.6 is 23.4 Å². The Labute approximate surface area is 182 Å². The summed E-state index contributed by atoms with van der Waals surface area (Å²) in [5.41, 5.74) is 2.17. The Morgan fingerprint density at radius 2 is 1.83 bits per heavy atom. The molecule has 3 aromatic rings. The molecule has 6 nitrogen and oxygen atoms in total. The minimum absolute atomic E-state index is 0.213. The van der Waals surface area contributed by atoms with E-state index in [2.05, 4.69) is 10.3 Å². The zero-order chi connectivity index (χ0) is 20.5. The Hall–Kier alpha value is -3.16. The molecule has 2 aliphatic rings. The number of para-hydroxylation sites is 1. The molecule has 0 aliphatic carbocycles. The Kier molecular flexibility index (Phi) is 4.98. The fourth-order valence-electron chi connectivity index (χ4n) is 3.38. The quantitative estimate of drug-likeness (QED) is 0.689. The van der Waals surface area contributed by atoms with Gasteiger partial charge in [0.25, 0.3) is 5.91 Å². The third kappa shape index (κ3) is 3.46. The van der Waals surface area contributed by atoms with Crippen molar-refractivity contribution in [1.29, 1.82) is 0 Å². The molecule has 0 saturated heterocycles. The third-order valence-electron chi connectivity index (χ3n) is 4.79. The van der Waals surface area contributed by atoms with E-state index >= 15 is 0 Å². The zero-order valence-corrected chi connectivity index (χ0v) is 17.3. The molecule has 1 unspecified atom stereocenters. The first-order valence-corrected chi connectivity index (χ1v) is 10.7. The number of fused-ring (bicyclic) bond motifs is 2. The highest BCUT2D eigenvalue weighted by atomic mass is 35.5. The minimum atomic E-state index is -0.516. The number of hydrogen-bond donors (Lipinski definition) is 1. The van der Waals surface area contributed by atoms with Gasteiger partial charge in [-0.1, -0.05) is 65.8 Å². The monoisotopic (exact) mass is 433 g/mol. The van der Waals surface area contributed by atoms with Crippen molar-refractivity contribution in [3.8, 4) is 0 Å². The van der Waals surface area contributed by atoms with Crippen LogP contribution in [0.3, 0.4) is 0 Å². The smallest absolute Gasteiger partial charge is 0.276 e. The van der Waals surface area contributed by atoms with E-state index in [9.17, 15) is 4.79 Å². The lowest BCUT2D eigenvalue weighted by Crippen LogP contribution is -2.50. The number of aromatic nitrogens is 1. The molecule has 8 heteroatoms. The first kappa shape index (κ1) is 18.8. The summed E-state index contributed by atoms with van der Waals surface area (Å²) in [4.78, 5) is 22.4. The third-order valence-corrected chi connectivity index (χ3v) is 6.07. The number of nitrogens with one attached hydrogen (secondary N) is 1. The summed E-state index contributed by atoms with van der Waals surface area (Å²) in [6.07, 6.45) is 1.20. The van der Waals surface area contributed by atoms with Crippen molar-refractivity contribution in [3.63, 3.8) is 0 Å².